The van der Waals surface area contributed by atoms with Crippen molar-refractivity contribution in [3.05, 3.63) is 29.6 Å². The lowest BCUT2D eigenvalue weighted by Gasteiger charge is -2.05. The highest BCUT2D eigenvalue weighted by molar-refractivity contribution is 6.17. The standard InChI is InChI=1S/C9H10ClFO/c1-2-12-9-5-7(6-10)3-4-8(9)11/h3-5H,2,6H2,1H3. The van der Waals surface area contributed by atoms with Crippen LogP contribution in [-0.4, -0.2) is 6.61 Å². The van der Waals surface area contributed by atoms with E-state index in [-0.39, 0.29) is 11.6 Å². The molecule has 0 spiro atoms. The first-order valence-electron chi connectivity index (χ1n) is 3.75. The summed E-state index contributed by atoms with van der Waals surface area (Å²) in [6.45, 7) is 2.27. The number of hydrogen-bond donors (Lipinski definition) is 0. The average Bonchev–Trinajstić information content (AvgIpc) is 2.09. The van der Waals surface area contributed by atoms with Crippen molar-refractivity contribution in [3.8, 4) is 5.75 Å². The molecule has 0 aliphatic rings. The summed E-state index contributed by atoms with van der Waals surface area (Å²) in [5.74, 6) is 0.307. The average molecular weight is 189 g/mol. The Bertz CT molecular complexity index is 263. The van der Waals surface area contributed by atoms with Crippen molar-refractivity contribution in [2.45, 2.75) is 12.8 Å². The minimum atomic E-state index is -0.342. The molecule has 0 unspecified atom stereocenters. The Labute approximate surface area is 76.1 Å². The first kappa shape index (κ1) is 9.33. The Balaban J connectivity index is 2.91. The van der Waals surface area contributed by atoms with Gasteiger partial charge in [-0.1, -0.05) is 6.07 Å². The van der Waals surface area contributed by atoms with Gasteiger partial charge in [-0.15, -0.1) is 11.6 Å². The molecule has 0 atom stereocenters. The molecule has 0 bridgehead atoms. The number of benzene rings is 1. The molecular formula is C9H10ClFO. The predicted molar refractivity (Wildman–Crippen MR) is 47.1 cm³/mol. The van der Waals surface area contributed by atoms with E-state index in [1.165, 1.54) is 6.07 Å². The summed E-state index contributed by atoms with van der Waals surface area (Å²) in [5.41, 5.74) is 0.863. The third-order valence-corrected chi connectivity index (χ3v) is 1.76. The molecule has 0 saturated heterocycles. The summed E-state index contributed by atoms with van der Waals surface area (Å²) in [5, 5.41) is 0. The summed E-state index contributed by atoms with van der Waals surface area (Å²) >= 11 is 5.57. The molecule has 0 aromatic heterocycles. The van der Waals surface area contributed by atoms with Gasteiger partial charge in [-0.2, -0.15) is 0 Å². The van der Waals surface area contributed by atoms with Gasteiger partial charge in [0, 0.05) is 5.88 Å². The van der Waals surface area contributed by atoms with Crippen LogP contribution in [0, 0.1) is 5.82 Å². The number of halogens is 2. The molecule has 1 aromatic carbocycles. The van der Waals surface area contributed by atoms with Crippen molar-refractivity contribution in [1.82, 2.24) is 0 Å². The van der Waals surface area contributed by atoms with E-state index in [4.69, 9.17) is 16.3 Å². The molecule has 0 saturated carbocycles. The second-order valence-corrected chi connectivity index (χ2v) is 2.60. The Morgan fingerprint density at radius 3 is 2.83 bits per heavy atom. The zero-order valence-corrected chi connectivity index (χ0v) is 7.57. The van der Waals surface area contributed by atoms with Gasteiger partial charge in [0.1, 0.15) is 0 Å². The van der Waals surface area contributed by atoms with Gasteiger partial charge in [0.15, 0.2) is 11.6 Å². The van der Waals surface area contributed by atoms with Gasteiger partial charge in [0.25, 0.3) is 0 Å². The van der Waals surface area contributed by atoms with Crippen molar-refractivity contribution in [2.24, 2.45) is 0 Å². The van der Waals surface area contributed by atoms with Gasteiger partial charge in [-0.3, -0.25) is 0 Å². The van der Waals surface area contributed by atoms with Crippen LogP contribution >= 0.6 is 11.6 Å². The minimum absolute atomic E-state index is 0.274. The van der Waals surface area contributed by atoms with E-state index in [0.29, 0.717) is 12.5 Å². The molecule has 0 aliphatic carbocycles. The molecule has 1 rings (SSSR count). The SMILES string of the molecule is CCOc1cc(CCl)ccc1F. The van der Waals surface area contributed by atoms with Crippen LogP contribution in [0.25, 0.3) is 0 Å². The van der Waals surface area contributed by atoms with Crippen molar-refractivity contribution in [1.29, 1.82) is 0 Å². The van der Waals surface area contributed by atoms with E-state index in [9.17, 15) is 4.39 Å². The third-order valence-electron chi connectivity index (χ3n) is 1.45. The predicted octanol–water partition coefficient (Wildman–Crippen LogP) is 2.96. The van der Waals surface area contributed by atoms with Crippen molar-refractivity contribution >= 4 is 11.6 Å². The zero-order valence-electron chi connectivity index (χ0n) is 6.81. The highest BCUT2D eigenvalue weighted by Crippen LogP contribution is 2.19. The number of rotatable bonds is 3. The summed E-state index contributed by atoms with van der Waals surface area (Å²) in [7, 11) is 0. The smallest absolute Gasteiger partial charge is 0.165 e. The summed E-state index contributed by atoms with van der Waals surface area (Å²) in [6, 6.07) is 4.62. The number of hydrogen-bond acceptors (Lipinski definition) is 1. The van der Waals surface area contributed by atoms with E-state index in [2.05, 4.69) is 0 Å². The fourth-order valence-electron chi connectivity index (χ4n) is 0.897. The third kappa shape index (κ3) is 2.11. The van der Waals surface area contributed by atoms with E-state index in [1.54, 1.807) is 12.1 Å². The van der Waals surface area contributed by atoms with Crippen LogP contribution < -0.4 is 4.74 Å². The molecule has 1 nitrogen and oxygen atoms in total. The molecule has 12 heavy (non-hydrogen) atoms. The maximum absolute atomic E-state index is 12.9. The maximum Gasteiger partial charge on any atom is 0.165 e. The summed E-state index contributed by atoms with van der Waals surface area (Å²) < 4.78 is 18.0. The van der Waals surface area contributed by atoms with Gasteiger partial charge in [0.05, 0.1) is 6.61 Å². The Morgan fingerprint density at radius 1 is 1.50 bits per heavy atom. The van der Waals surface area contributed by atoms with Crippen LogP contribution in [0.3, 0.4) is 0 Å². The van der Waals surface area contributed by atoms with Crippen LogP contribution in [0.2, 0.25) is 0 Å². The topological polar surface area (TPSA) is 9.23 Å². The fourth-order valence-corrected chi connectivity index (χ4v) is 1.06. The molecule has 0 heterocycles. The van der Waals surface area contributed by atoms with Gasteiger partial charge in [-0.25, -0.2) is 4.39 Å². The number of alkyl halides is 1. The van der Waals surface area contributed by atoms with Crippen LogP contribution in [0.15, 0.2) is 18.2 Å². The molecule has 0 amide bonds. The van der Waals surface area contributed by atoms with Gasteiger partial charge in [0.2, 0.25) is 0 Å². The van der Waals surface area contributed by atoms with Crippen LogP contribution in [-0.2, 0) is 5.88 Å². The Kier molecular flexibility index (Phi) is 3.35. The Hall–Kier alpha value is -0.760. The van der Waals surface area contributed by atoms with Gasteiger partial charge < -0.3 is 4.74 Å². The largest absolute Gasteiger partial charge is 0.491 e. The van der Waals surface area contributed by atoms with Crippen molar-refractivity contribution in [2.75, 3.05) is 6.61 Å². The van der Waals surface area contributed by atoms with E-state index in [1.807, 2.05) is 6.92 Å². The molecule has 0 aliphatic heterocycles. The van der Waals surface area contributed by atoms with Crippen molar-refractivity contribution in [3.63, 3.8) is 0 Å². The van der Waals surface area contributed by atoms with Crippen LogP contribution in [0.4, 0.5) is 4.39 Å². The van der Waals surface area contributed by atoms with Crippen LogP contribution in [0.1, 0.15) is 12.5 Å². The summed E-state index contributed by atoms with van der Waals surface area (Å²) in [4.78, 5) is 0. The normalized spacial score (nSPS) is 9.92. The first-order valence-corrected chi connectivity index (χ1v) is 4.28. The van der Waals surface area contributed by atoms with Crippen LogP contribution in [0.5, 0.6) is 5.75 Å². The minimum Gasteiger partial charge on any atom is -0.491 e. The lowest BCUT2D eigenvalue weighted by Crippen LogP contribution is -1.95. The molecule has 66 valence electrons. The lowest BCUT2D eigenvalue weighted by atomic mass is 10.2. The van der Waals surface area contributed by atoms with Gasteiger partial charge in [-0.05, 0) is 24.6 Å². The molecule has 0 radical (unpaired) electrons. The molecule has 1 aromatic rings. The maximum atomic E-state index is 12.9. The molecule has 0 fully saturated rings. The second-order valence-electron chi connectivity index (χ2n) is 2.33. The quantitative estimate of drug-likeness (QED) is 0.663. The Morgan fingerprint density at radius 2 is 2.25 bits per heavy atom. The van der Waals surface area contributed by atoms with E-state index in [0.717, 1.165) is 5.56 Å². The highest BCUT2D eigenvalue weighted by atomic mass is 35.5. The van der Waals surface area contributed by atoms with E-state index < -0.39 is 0 Å². The van der Waals surface area contributed by atoms with Crippen molar-refractivity contribution < 1.29 is 9.13 Å². The highest BCUT2D eigenvalue weighted by Gasteiger charge is 2.02. The zero-order chi connectivity index (χ0) is 8.97. The molecule has 3 heteroatoms. The molecule has 0 N–H and O–H groups in total. The fraction of sp³-hybridized carbons (Fsp3) is 0.333. The monoisotopic (exact) mass is 188 g/mol. The van der Waals surface area contributed by atoms with Gasteiger partial charge >= 0.3 is 0 Å². The second kappa shape index (κ2) is 4.31. The summed E-state index contributed by atoms with van der Waals surface area (Å²) in [6.07, 6.45) is 0. The number of ether oxygens (including phenoxy) is 1. The molecular weight excluding hydrogens is 179 g/mol. The first-order chi connectivity index (χ1) is 5.77. The van der Waals surface area contributed by atoms with E-state index >= 15 is 0 Å². The lowest BCUT2D eigenvalue weighted by molar-refractivity contribution is 0.321.